The van der Waals surface area contributed by atoms with E-state index in [9.17, 15) is 24.9 Å². The van der Waals surface area contributed by atoms with E-state index in [1.54, 1.807) is 0 Å². The molecule has 0 saturated heterocycles. The maximum Gasteiger partial charge on any atom is 1.00 e. The summed E-state index contributed by atoms with van der Waals surface area (Å²) in [6.07, 6.45) is 32.7. The van der Waals surface area contributed by atoms with Crippen molar-refractivity contribution in [2.75, 3.05) is 13.7 Å². The number of nitriles is 3. The van der Waals surface area contributed by atoms with E-state index in [2.05, 4.69) is 220 Å². The third kappa shape index (κ3) is 29.5. The number of hydrogen-bond acceptors (Lipinski definition) is 10. The summed E-state index contributed by atoms with van der Waals surface area (Å²) in [6, 6.07) is 38.5. The average molecular weight is 1970 g/mol. The Morgan fingerprint density at radius 1 is 0.508 bits per heavy atom. The second kappa shape index (κ2) is 53.3. The molecule has 649 valence electrons. The van der Waals surface area contributed by atoms with Crippen LogP contribution in [-0.2, 0) is 108 Å². The Hall–Kier alpha value is 0.0455. The van der Waals surface area contributed by atoms with Gasteiger partial charge in [0, 0.05) is 143 Å². The first kappa shape index (κ1) is 118. The van der Waals surface area contributed by atoms with Crippen LogP contribution in [0.1, 0.15) is 270 Å². The number of fused-ring (bicyclic) bond motifs is 5. The van der Waals surface area contributed by atoms with Crippen LogP contribution in [0.25, 0.3) is 4.65 Å². The third-order valence-corrected chi connectivity index (χ3v) is 43.5. The maximum absolute atomic E-state index is 11.9. The van der Waals surface area contributed by atoms with E-state index in [1.807, 2.05) is 18.2 Å². The van der Waals surface area contributed by atoms with Crippen LogP contribution < -0.4 is 45.5 Å². The number of aliphatic hydroxyl groups is 3. The molecule has 3 N–H and O–H groups in total. The Bertz CT molecular complexity index is 3440. The second-order valence-corrected chi connectivity index (χ2v) is 58.0. The quantitative estimate of drug-likeness (QED) is 0.0409. The Morgan fingerprint density at radius 2 is 0.788 bits per heavy atom. The minimum Gasteiger partial charge on any atom is 0 e. The average Bonchev–Trinajstić information content (AvgIpc) is 1.43. The molecule has 0 bridgehead atoms. The zero-order chi connectivity index (χ0) is 83.3. The van der Waals surface area contributed by atoms with Crippen LogP contribution in [0.3, 0.4) is 0 Å². The molecular formula is C99H159BrN5NaO6PSi2Y3-3. The van der Waals surface area contributed by atoms with Crippen molar-refractivity contribution in [2.24, 2.45) is 121 Å². The summed E-state index contributed by atoms with van der Waals surface area (Å²) in [6.45, 7) is 54.0. The molecule has 0 amide bonds. The molecule has 0 spiro atoms. The van der Waals surface area contributed by atoms with E-state index >= 15 is 0 Å². The number of rotatable bonds is 16. The van der Waals surface area contributed by atoms with Crippen molar-refractivity contribution in [2.45, 2.75) is 322 Å². The molecule has 13 rings (SSSR count). The van der Waals surface area contributed by atoms with Crippen LogP contribution in [0.4, 0.5) is 0 Å². The molecule has 0 heterocycles. The first-order valence-corrected chi connectivity index (χ1v) is 55.0. The van der Waals surface area contributed by atoms with Crippen molar-refractivity contribution >= 4 is 65.2 Å². The maximum atomic E-state index is 11.9. The number of benzene rings is 3. The van der Waals surface area contributed by atoms with Crippen LogP contribution in [0.5, 0.6) is 0 Å². The molecule has 3 radical (unpaired) electrons. The standard InChI is InChI=1S/C19H17BrP.C15H22N.C15H23O.C14H23NO.C14H21NO.C13H24O2.C6H18NSi2.CH3NO.2CH4.Na.3Y/c1-21(20,17-11-5-2-6-12-17,18-13-7-3-8-14-18)19-15-9-4-10-16-19;2*1-11-5-4-9-15(3)13(11)6-7-14(15)12(2)8-10-16;2*1-10(7-9-15)11-5-6-12-13(16)4-3-8-14(11,12)2;1-9(8-14)10-5-6-11-12(15)4-3-7-13(10,11)2;1-8(2,3)7-9(4,5)6;1-2-3;;;;;;/h2-16H,1H2;1,12-14H,4-9H2,2-3H3;1,10,12-14H,4-9H2,2-3H3;10-13,16H,3-8H2,1-2H3;10-12H,3-8H2,1-2H3;9-12,14-15H,3-8H2,1-2H3;1-6H3;1H3;2*1H4;;;;/q3*-1;;;;-1;;;;+1;;;/t;2*12-,13?,14-,15+;10-,11-,12?,13+,14-;10-,11-,12?,14-;9-,10-,11?,12+,13-;;;;;;;;/m.11111......../s1. The molecule has 10 aliphatic rings. The summed E-state index contributed by atoms with van der Waals surface area (Å²) in [5.74, 6) is 8.66. The summed E-state index contributed by atoms with van der Waals surface area (Å²) in [4.78, 5) is 31.2. The van der Waals surface area contributed by atoms with E-state index in [1.165, 1.54) is 118 Å². The predicted molar refractivity (Wildman–Crippen MR) is 492 cm³/mol. The number of allylic oxidation sites excluding steroid dienone is 2. The fraction of sp³-hybridized carbons (Fsp3) is 0.717. The second-order valence-electron chi connectivity index (χ2n) is 39.8. The van der Waals surface area contributed by atoms with Gasteiger partial charge in [-0.3, -0.25) is 15.9 Å². The van der Waals surface area contributed by atoms with Gasteiger partial charge in [-0.2, -0.15) is 20.7 Å². The molecule has 5 unspecified atom stereocenters. The minimum absolute atomic E-state index is 0. The van der Waals surface area contributed by atoms with Gasteiger partial charge >= 0.3 is 164 Å². The van der Waals surface area contributed by atoms with E-state index in [-0.39, 0.29) is 160 Å². The van der Waals surface area contributed by atoms with Crippen molar-refractivity contribution in [1.82, 2.24) is 0 Å². The van der Waals surface area contributed by atoms with Gasteiger partial charge in [0.1, 0.15) is 12.1 Å². The SMILES string of the molecule is C.C.CN=O.C[C@H](CC#N)[C@H]1CCC2C(=O)CCC[C@@]21C.C[C@H](CC#N)[C@H]1CCC2[C@@H](O)CCC[C@@]21C.C[C@H](CO)[C@H]1CCC2[C@@H](O)CCC[C@@]21C.C[Si](C)(C)[N-][Si](C)(C)C.[CH-]=C1CCC[C@@]2(C)C1CC[C@@H]2[C@H](C)CC#N.[CH-]=C1CCC[C@@]2(C)C1CC[C@@H]2[C@H](C)CC=O.[CH2-]P(Br)(c1ccccc1)(c1ccccc1)c1ccccc1.[Na+].[Y].[Y].[Y]. The number of hydrogen-bond donors (Lipinski definition) is 3. The summed E-state index contributed by atoms with van der Waals surface area (Å²) in [7, 11) is -1.02. The molecular weight excluding hydrogens is 1810 g/mol. The van der Waals surface area contributed by atoms with Crippen LogP contribution in [0.2, 0.25) is 39.3 Å². The van der Waals surface area contributed by atoms with Gasteiger partial charge in [-0.05, 0) is 226 Å². The number of ketones is 1. The van der Waals surface area contributed by atoms with E-state index < -0.39 is 21.8 Å². The molecule has 19 heteroatoms. The monoisotopic (exact) mass is 1970 g/mol. The molecule has 3 aromatic carbocycles. The van der Waals surface area contributed by atoms with Crippen molar-refractivity contribution in [3.63, 3.8) is 0 Å². The van der Waals surface area contributed by atoms with Crippen molar-refractivity contribution in [3.05, 3.63) is 132 Å². The first-order valence-electron chi connectivity index (χ1n) is 43.7. The smallest absolute Gasteiger partial charge is 0 e. The Morgan fingerprint density at radius 3 is 1.09 bits per heavy atom. The number of nitroso groups, excluding NO2 is 1. The van der Waals surface area contributed by atoms with Gasteiger partial charge in [-0.1, -0.05) is 184 Å². The van der Waals surface area contributed by atoms with Gasteiger partial charge in [-0.15, -0.1) is 0 Å². The number of carbonyl (C=O) groups excluding carboxylic acids is 2. The van der Waals surface area contributed by atoms with Gasteiger partial charge < -0.3 is 37.9 Å². The van der Waals surface area contributed by atoms with E-state index in [0.29, 0.717) is 149 Å². The third-order valence-electron chi connectivity index (χ3n) is 30.3. The number of nitrogens with zero attached hydrogens (tertiary/aromatic N) is 5. The fourth-order valence-electron chi connectivity index (χ4n) is 25.2. The van der Waals surface area contributed by atoms with Crippen molar-refractivity contribution < 1.29 is 153 Å². The minimum atomic E-state index is -2.81. The van der Waals surface area contributed by atoms with Gasteiger partial charge in [0.2, 0.25) is 0 Å². The van der Waals surface area contributed by atoms with E-state index in [4.69, 9.17) is 45.2 Å². The largest absolute Gasteiger partial charge is 1.00 e. The molecule has 0 aromatic heterocycles. The topological polar surface area (TPSA) is 210 Å². The zero-order valence-corrected chi connectivity index (χ0v) is 90.5. The summed E-state index contributed by atoms with van der Waals surface area (Å²) in [5.41, 5.74) is 4.03. The predicted octanol–water partition coefficient (Wildman–Crippen LogP) is 22.8. The van der Waals surface area contributed by atoms with Crippen molar-refractivity contribution in [1.29, 1.82) is 15.8 Å². The summed E-state index contributed by atoms with van der Waals surface area (Å²) in [5, 5.41) is 59.1. The molecule has 10 aliphatic carbocycles. The molecule has 10 saturated carbocycles. The van der Waals surface area contributed by atoms with Gasteiger partial charge in [0.25, 0.3) is 0 Å². The van der Waals surface area contributed by atoms with Gasteiger partial charge in [0.05, 0.1) is 37.5 Å². The Labute approximate surface area is 829 Å². The molecule has 0 aliphatic heterocycles. The van der Waals surface area contributed by atoms with Crippen LogP contribution in [0.15, 0.2) is 107 Å². The van der Waals surface area contributed by atoms with Crippen LogP contribution in [-0.4, -0.2) is 69.7 Å². The van der Waals surface area contributed by atoms with E-state index in [0.717, 1.165) is 83.3 Å². The first-order chi connectivity index (χ1) is 52.7. The van der Waals surface area contributed by atoms with Gasteiger partial charge in [0.15, 0.2) is 0 Å². The van der Waals surface area contributed by atoms with Gasteiger partial charge in [-0.25, -0.2) is 0 Å². The number of Topliss-reactive ketones (excluding diaryl/α,β-unsaturated/α-hetero) is 1. The Kier molecular flexibility index (Phi) is 53.3. The molecule has 22 atom stereocenters. The van der Waals surface area contributed by atoms with Crippen LogP contribution >= 0.6 is 20.8 Å². The zero-order valence-electron chi connectivity index (χ0n) is 75.5. The molecule has 11 nitrogen and oxygen atoms in total. The molecule has 10 fully saturated rings. The van der Waals surface area contributed by atoms with Crippen molar-refractivity contribution in [3.8, 4) is 18.2 Å². The number of halogens is 1. The normalized spacial score (nSPS) is 32.1. The van der Waals surface area contributed by atoms with Crippen LogP contribution in [0, 0.1) is 175 Å². The number of aliphatic hydroxyl groups excluding tert-OH is 3. The molecule has 3 aromatic rings. The summed E-state index contributed by atoms with van der Waals surface area (Å²) < 4.78 is 4.82. The summed E-state index contributed by atoms with van der Waals surface area (Å²) >= 11 is 4.13. The number of carbonyl (C=O) groups is 2. The fourth-order valence-corrected chi connectivity index (χ4v) is 38.6. The molecule has 118 heavy (non-hydrogen) atoms. The Balaban J connectivity index is 0.00000135. The number of aldehydes is 1.